The van der Waals surface area contributed by atoms with Crippen LogP contribution in [0.15, 0.2) is 18.3 Å². The molecule has 0 unspecified atom stereocenters. The van der Waals surface area contributed by atoms with Gasteiger partial charge >= 0.3 is 0 Å². The average molecular weight is 277 g/mol. The van der Waals surface area contributed by atoms with Crippen molar-refractivity contribution >= 4 is 28.1 Å². The van der Waals surface area contributed by atoms with E-state index < -0.39 is 0 Å². The summed E-state index contributed by atoms with van der Waals surface area (Å²) in [5.41, 5.74) is 2.03. The number of aryl methyl sites for hydroxylation is 1. The van der Waals surface area contributed by atoms with Gasteiger partial charge in [-0.05, 0) is 26.1 Å². The SMILES string of the molecule is Cc1nncc2cc(N3CCN(C)CC3)c(Cl)cc12. The van der Waals surface area contributed by atoms with Crippen LogP contribution in [0.4, 0.5) is 5.69 Å². The van der Waals surface area contributed by atoms with Crippen molar-refractivity contribution in [2.75, 3.05) is 38.1 Å². The maximum atomic E-state index is 6.44. The number of benzene rings is 1. The smallest absolute Gasteiger partial charge is 0.0678 e. The van der Waals surface area contributed by atoms with Gasteiger partial charge in [0, 0.05) is 37.0 Å². The fourth-order valence-corrected chi connectivity index (χ4v) is 2.80. The number of hydrogen-bond donors (Lipinski definition) is 0. The van der Waals surface area contributed by atoms with Crippen molar-refractivity contribution in [1.82, 2.24) is 15.1 Å². The molecule has 1 aliphatic rings. The molecule has 1 aromatic heterocycles. The van der Waals surface area contributed by atoms with Gasteiger partial charge in [-0.1, -0.05) is 11.6 Å². The van der Waals surface area contributed by atoms with Crippen LogP contribution in [0, 0.1) is 6.92 Å². The summed E-state index contributed by atoms with van der Waals surface area (Å²) >= 11 is 6.44. The summed E-state index contributed by atoms with van der Waals surface area (Å²) < 4.78 is 0. The second-order valence-electron chi connectivity index (χ2n) is 5.11. The zero-order valence-corrected chi connectivity index (χ0v) is 12.0. The predicted octanol–water partition coefficient (Wildman–Crippen LogP) is 2.34. The number of halogens is 1. The van der Waals surface area contributed by atoms with Crippen LogP contribution in [0.3, 0.4) is 0 Å². The van der Waals surface area contributed by atoms with E-state index in [1.807, 2.05) is 13.0 Å². The topological polar surface area (TPSA) is 32.3 Å². The zero-order chi connectivity index (χ0) is 13.4. The minimum atomic E-state index is 0.799. The van der Waals surface area contributed by atoms with Crippen LogP contribution in [-0.4, -0.2) is 48.3 Å². The normalized spacial score (nSPS) is 17.1. The molecule has 2 heterocycles. The first kappa shape index (κ1) is 12.6. The Kier molecular flexibility index (Phi) is 3.29. The molecule has 19 heavy (non-hydrogen) atoms. The zero-order valence-electron chi connectivity index (χ0n) is 11.2. The van der Waals surface area contributed by atoms with Crippen molar-refractivity contribution < 1.29 is 0 Å². The number of fused-ring (bicyclic) bond motifs is 1. The fraction of sp³-hybridized carbons (Fsp3) is 0.429. The van der Waals surface area contributed by atoms with E-state index in [1.165, 1.54) is 0 Å². The number of nitrogens with zero attached hydrogens (tertiary/aromatic N) is 4. The van der Waals surface area contributed by atoms with E-state index in [4.69, 9.17) is 11.6 Å². The summed E-state index contributed by atoms with van der Waals surface area (Å²) in [6.45, 7) is 6.13. The molecule has 1 aromatic carbocycles. The molecule has 5 heteroatoms. The number of anilines is 1. The lowest BCUT2D eigenvalue weighted by Crippen LogP contribution is -2.44. The Hall–Kier alpha value is -1.39. The molecule has 0 bridgehead atoms. The third-order valence-corrected chi connectivity index (χ3v) is 4.06. The molecule has 0 spiro atoms. The third-order valence-electron chi connectivity index (χ3n) is 3.76. The molecule has 0 radical (unpaired) electrons. The molecular weight excluding hydrogens is 260 g/mol. The number of aromatic nitrogens is 2. The lowest BCUT2D eigenvalue weighted by atomic mass is 10.1. The van der Waals surface area contributed by atoms with E-state index in [9.17, 15) is 0 Å². The highest BCUT2D eigenvalue weighted by Crippen LogP contribution is 2.32. The molecule has 2 aromatic rings. The molecule has 3 rings (SSSR count). The molecule has 1 fully saturated rings. The predicted molar refractivity (Wildman–Crippen MR) is 79.0 cm³/mol. The first-order valence-corrected chi connectivity index (χ1v) is 6.88. The van der Waals surface area contributed by atoms with E-state index in [1.54, 1.807) is 6.20 Å². The molecule has 1 aliphatic heterocycles. The van der Waals surface area contributed by atoms with Gasteiger partial charge in [0.1, 0.15) is 0 Å². The van der Waals surface area contributed by atoms with Gasteiger partial charge in [-0.25, -0.2) is 0 Å². The minimum absolute atomic E-state index is 0.799. The maximum Gasteiger partial charge on any atom is 0.0678 e. The van der Waals surface area contributed by atoms with Gasteiger partial charge in [0.15, 0.2) is 0 Å². The van der Waals surface area contributed by atoms with Gasteiger partial charge in [-0.3, -0.25) is 0 Å². The van der Waals surface area contributed by atoms with Crippen LogP contribution in [0.1, 0.15) is 5.69 Å². The maximum absolute atomic E-state index is 6.44. The van der Waals surface area contributed by atoms with Gasteiger partial charge in [0.25, 0.3) is 0 Å². The molecule has 1 saturated heterocycles. The van der Waals surface area contributed by atoms with Gasteiger partial charge < -0.3 is 9.80 Å². The van der Waals surface area contributed by atoms with Crippen LogP contribution in [-0.2, 0) is 0 Å². The largest absolute Gasteiger partial charge is 0.368 e. The van der Waals surface area contributed by atoms with E-state index >= 15 is 0 Å². The Balaban J connectivity index is 2.02. The molecule has 0 saturated carbocycles. The van der Waals surface area contributed by atoms with Crippen LogP contribution in [0.5, 0.6) is 0 Å². The summed E-state index contributed by atoms with van der Waals surface area (Å²) in [6, 6.07) is 4.14. The second-order valence-corrected chi connectivity index (χ2v) is 5.52. The summed E-state index contributed by atoms with van der Waals surface area (Å²) in [5.74, 6) is 0. The van der Waals surface area contributed by atoms with E-state index in [0.717, 1.165) is 53.4 Å². The molecule has 0 amide bonds. The Morgan fingerprint density at radius 3 is 2.63 bits per heavy atom. The molecule has 4 nitrogen and oxygen atoms in total. The van der Waals surface area contributed by atoms with Gasteiger partial charge in [0.2, 0.25) is 0 Å². The van der Waals surface area contributed by atoms with Crippen molar-refractivity contribution in [3.05, 3.63) is 29.0 Å². The summed E-state index contributed by atoms with van der Waals surface area (Å²) in [4.78, 5) is 4.68. The highest BCUT2D eigenvalue weighted by atomic mass is 35.5. The minimum Gasteiger partial charge on any atom is -0.368 e. The Morgan fingerprint density at radius 1 is 1.16 bits per heavy atom. The Morgan fingerprint density at radius 2 is 1.89 bits per heavy atom. The number of hydrogen-bond acceptors (Lipinski definition) is 4. The van der Waals surface area contributed by atoms with Crippen molar-refractivity contribution in [1.29, 1.82) is 0 Å². The highest BCUT2D eigenvalue weighted by molar-refractivity contribution is 6.34. The van der Waals surface area contributed by atoms with Crippen molar-refractivity contribution in [2.24, 2.45) is 0 Å². The van der Waals surface area contributed by atoms with Crippen molar-refractivity contribution in [3.8, 4) is 0 Å². The van der Waals surface area contributed by atoms with Gasteiger partial charge in [-0.2, -0.15) is 10.2 Å². The van der Waals surface area contributed by atoms with Gasteiger partial charge in [0.05, 0.1) is 22.6 Å². The van der Waals surface area contributed by atoms with E-state index in [2.05, 4.69) is 33.1 Å². The first-order valence-electron chi connectivity index (χ1n) is 6.50. The Bertz CT molecular complexity index is 606. The van der Waals surface area contributed by atoms with Crippen LogP contribution in [0.25, 0.3) is 10.8 Å². The van der Waals surface area contributed by atoms with Crippen LogP contribution >= 0.6 is 11.6 Å². The molecule has 100 valence electrons. The number of piperazine rings is 1. The van der Waals surface area contributed by atoms with Crippen LogP contribution in [0.2, 0.25) is 5.02 Å². The Labute approximate surface area is 118 Å². The van der Waals surface area contributed by atoms with Gasteiger partial charge in [-0.15, -0.1) is 0 Å². The number of likely N-dealkylation sites (N-methyl/N-ethyl adjacent to an activating group) is 1. The average Bonchev–Trinajstić information content (AvgIpc) is 2.40. The quantitative estimate of drug-likeness (QED) is 0.800. The molecule has 0 aliphatic carbocycles. The lowest BCUT2D eigenvalue weighted by Gasteiger charge is -2.34. The summed E-state index contributed by atoms with van der Waals surface area (Å²) in [7, 11) is 2.15. The third kappa shape index (κ3) is 2.38. The molecule has 0 atom stereocenters. The van der Waals surface area contributed by atoms with E-state index in [0.29, 0.717) is 0 Å². The number of rotatable bonds is 1. The van der Waals surface area contributed by atoms with Crippen molar-refractivity contribution in [3.63, 3.8) is 0 Å². The van der Waals surface area contributed by atoms with Crippen molar-refractivity contribution in [2.45, 2.75) is 6.92 Å². The molecular formula is C14H17ClN4. The summed E-state index contributed by atoms with van der Waals surface area (Å²) in [5, 5.41) is 11.1. The standard InChI is InChI=1S/C14H17ClN4/c1-10-12-8-13(15)14(7-11(12)9-16-17-10)19-5-3-18(2)4-6-19/h7-9H,3-6H2,1-2H3. The molecule has 0 N–H and O–H groups in total. The second kappa shape index (κ2) is 4.94. The van der Waals surface area contributed by atoms with Crippen LogP contribution < -0.4 is 4.90 Å². The lowest BCUT2D eigenvalue weighted by molar-refractivity contribution is 0.313. The van der Waals surface area contributed by atoms with E-state index in [-0.39, 0.29) is 0 Å². The fourth-order valence-electron chi connectivity index (χ4n) is 2.52. The first-order chi connectivity index (χ1) is 9.15. The highest BCUT2D eigenvalue weighted by Gasteiger charge is 2.17. The monoisotopic (exact) mass is 276 g/mol. The summed E-state index contributed by atoms with van der Waals surface area (Å²) in [6.07, 6.45) is 1.80.